The van der Waals surface area contributed by atoms with Crippen LogP contribution in [0.15, 0.2) is 73.3 Å². The monoisotopic (exact) mass is 556 g/mol. The Morgan fingerprint density at radius 3 is 0.810 bits per heavy atom. The Hall–Kier alpha value is -6.16. The normalized spacial score (nSPS) is 11.8. The van der Waals surface area contributed by atoms with Gasteiger partial charge < -0.3 is 20.4 Å². The van der Waals surface area contributed by atoms with Gasteiger partial charge in [-0.25, -0.2) is 29.9 Å². The zero-order valence-electron chi connectivity index (χ0n) is 22.0. The van der Waals surface area contributed by atoms with Crippen LogP contribution in [0.5, 0.6) is 23.5 Å². The van der Waals surface area contributed by atoms with Gasteiger partial charge in [0.05, 0.1) is 22.8 Å². The Kier molecular flexibility index (Phi) is 8.35. The van der Waals surface area contributed by atoms with E-state index in [1.807, 2.05) is 0 Å². The number of hydrogen-bond acceptors (Lipinski definition) is 10. The smallest absolute Gasteiger partial charge is 0.218 e. The first-order valence-electron chi connectivity index (χ1n) is 12.7. The molecule has 0 bridgehead atoms. The van der Waals surface area contributed by atoms with Crippen molar-refractivity contribution in [3.8, 4) is 23.5 Å². The number of rotatable bonds is 8. The summed E-state index contributed by atoms with van der Waals surface area (Å²) >= 11 is 0. The fourth-order valence-corrected chi connectivity index (χ4v) is 3.81. The molecule has 0 unspecified atom stereocenters. The lowest BCUT2D eigenvalue weighted by atomic mass is 10.1. The maximum Gasteiger partial charge on any atom is 0.218 e. The van der Waals surface area contributed by atoms with Crippen molar-refractivity contribution in [1.29, 1.82) is 0 Å². The summed E-state index contributed by atoms with van der Waals surface area (Å²) in [6, 6.07) is 13.6. The lowest BCUT2D eigenvalue weighted by Crippen LogP contribution is -2.00. The minimum atomic E-state index is -0.137. The number of nitrogens with zero attached hydrogens (tertiary/aromatic N) is 6. The Morgan fingerprint density at radius 1 is 0.357 bits per heavy atom. The Bertz CT molecular complexity index is 1590. The number of pyridine rings is 4. The zero-order valence-corrected chi connectivity index (χ0v) is 22.0. The molecule has 0 aliphatic heterocycles. The van der Waals surface area contributed by atoms with Gasteiger partial charge in [0, 0.05) is 47.0 Å². The molecule has 0 amide bonds. The minimum absolute atomic E-state index is 0.137. The predicted octanol–water partition coefficient (Wildman–Crippen LogP) is 5.56. The molecule has 0 fully saturated rings. The van der Waals surface area contributed by atoms with Gasteiger partial charge in [-0.1, -0.05) is 0 Å². The summed E-state index contributed by atoms with van der Waals surface area (Å²) < 4.78 is 0. The van der Waals surface area contributed by atoms with Gasteiger partial charge in [-0.15, -0.1) is 0 Å². The highest BCUT2D eigenvalue weighted by molar-refractivity contribution is 5.82. The molecule has 42 heavy (non-hydrogen) atoms. The van der Waals surface area contributed by atoms with Crippen molar-refractivity contribution in [3.05, 3.63) is 118 Å². The van der Waals surface area contributed by atoms with Gasteiger partial charge >= 0.3 is 0 Å². The third kappa shape index (κ3) is 6.69. The van der Waals surface area contributed by atoms with Crippen LogP contribution in [0.3, 0.4) is 0 Å². The standard InChI is InChI=1S/C32H24N6O4/c39-29-21(5-1-17-33-29)9-13-25-26(14-10-22-6-2-18-34-30(22)40)38-28(16-12-24-8-4-20-36-32(24)42)27(37-25)15-11-23-7-3-19-35-31(23)41/h1-20H,(H,33,39)(H,34,40)(H,35,41)(H,36,42). The Labute approximate surface area is 240 Å². The summed E-state index contributed by atoms with van der Waals surface area (Å²) in [6.45, 7) is 0. The fourth-order valence-electron chi connectivity index (χ4n) is 3.81. The van der Waals surface area contributed by atoms with Crippen molar-refractivity contribution in [3.63, 3.8) is 0 Å². The largest absolute Gasteiger partial charge is 0.493 e. The van der Waals surface area contributed by atoms with Gasteiger partial charge in [-0.05, 0) is 97.1 Å². The molecule has 5 rings (SSSR count). The quantitative estimate of drug-likeness (QED) is 0.191. The van der Waals surface area contributed by atoms with Crippen molar-refractivity contribution >= 4 is 48.6 Å². The van der Waals surface area contributed by atoms with Crippen molar-refractivity contribution in [2.75, 3.05) is 0 Å². The lowest BCUT2D eigenvalue weighted by molar-refractivity contribution is 0.451. The van der Waals surface area contributed by atoms with Gasteiger partial charge in [0.1, 0.15) is 0 Å². The summed E-state index contributed by atoms with van der Waals surface area (Å²) in [4.78, 5) is 25.3. The minimum Gasteiger partial charge on any atom is -0.493 e. The molecule has 4 N–H and O–H groups in total. The summed E-state index contributed by atoms with van der Waals surface area (Å²) in [7, 11) is 0. The van der Waals surface area contributed by atoms with E-state index in [1.165, 1.54) is 24.8 Å². The van der Waals surface area contributed by atoms with Gasteiger partial charge in [-0.2, -0.15) is 0 Å². The van der Waals surface area contributed by atoms with Crippen LogP contribution in [0.1, 0.15) is 45.0 Å². The molecule has 0 radical (unpaired) electrons. The Balaban J connectivity index is 1.66. The second-order valence-electron chi connectivity index (χ2n) is 8.76. The molecule has 10 heteroatoms. The zero-order chi connectivity index (χ0) is 29.3. The maximum atomic E-state index is 10.2. The van der Waals surface area contributed by atoms with Crippen LogP contribution in [0.25, 0.3) is 48.6 Å². The third-order valence-electron chi connectivity index (χ3n) is 5.96. The topological polar surface area (TPSA) is 158 Å². The van der Waals surface area contributed by atoms with E-state index in [2.05, 4.69) is 19.9 Å². The molecule has 10 nitrogen and oxygen atoms in total. The highest BCUT2D eigenvalue weighted by Crippen LogP contribution is 2.24. The molecular formula is C32H24N6O4. The molecular weight excluding hydrogens is 532 g/mol. The number of aromatic hydroxyl groups is 4. The third-order valence-corrected chi connectivity index (χ3v) is 5.96. The second kappa shape index (κ2) is 12.8. The van der Waals surface area contributed by atoms with Gasteiger partial charge in [-0.3, -0.25) is 0 Å². The summed E-state index contributed by atoms with van der Waals surface area (Å²) in [5.74, 6) is -0.548. The fraction of sp³-hybridized carbons (Fsp3) is 0. The number of hydrogen-bond donors (Lipinski definition) is 4. The summed E-state index contributed by atoms with van der Waals surface area (Å²) in [5.41, 5.74) is 3.67. The van der Waals surface area contributed by atoms with Gasteiger partial charge in [0.15, 0.2) is 0 Å². The maximum absolute atomic E-state index is 10.2. The number of aromatic nitrogens is 6. The van der Waals surface area contributed by atoms with Crippen LogP contribution in [0.4, 0.5) is 0 Å². The van der Waals surface area contributed by atoms with E-state index in [1.54, 1.807) is 97.1 Å². The molecule has 0 saturated heterocycles. The van der Waals surface area contributed by atoms with Crippen molar-refractivity contribution < 1.29 is 20.4 Å². The molecule has 0 saturated carbocycles. The average molecular weight is 557 g/mol. The van der Waals surface area contributed by atoms with E-state index < -0.39 is 0 Å². The average Bonchev–Trinajstić information content (AvgIpc) is 3.00. The van der Waals surface area contributed by atoms with Crippen LogP contribution >= 0.6 is 0 Å². The van der Waals surface area contributed by atoms with E-state index in [4.69, 9.17) is 9.97 Å². The van der Waals surface area contributed by atoms with Crippen LogP contribution in [0, 0.1) is 0 Å². The first-order chi connectivity index (χ1) is 20.5. The van der Waals surface area contributed by atoms with Crippen LogP contribution in [-0.4, -0.2) is 50.3 Å². The molecule has 5 aromatic heterocycles. The molecule has 0 spiro atoms. The van der Waals surface area contributed by atoms with Crippen LogP contribution < -0.4 is 0 Å². The van der Waals surface area contributed by atoms with E-state index in [9.17, 15) is 20.4 Å². The molecule has 5 aromatic rings. The second-order valence-corrected chi connectivity index (χ2v) is 8.76. The molecule has 206 valence electrons. The van der Waals surface area contributed by atoms with E-state index in [-0.39, 0.29) is 23.5 Å². The van der Waals surface area contributed by atoms with E-state index in [0.717, 1.165) is 0 Å². The highest BCUT2D eigenvalue weighted by atomic mass is 16.3. The van der Waals surface area contributed by atoms with Crippen molar-refractivity contribution in [1.82, 2.24) is 29.9 Å². The molecule has 0 aromatic carbocycles. The first-order valence-corrected chi connectivity index (χ1v) is 12.7. The van der Waals surface area contributed by atoms with Crippen molar-refractivity contribution in [2.45, 2.75) is 0 Å². The van der Waals surface area contributed by atoms with E-state index >= 15 is 0 Å². The van der Waals surface area contributed by atoms with Gasteiger partial charge in [0.2, 0.25) is 23.5 Å². The summed E-state index contributed by atoms with van der Waals surface area (Å²) in [5, 5.41) is 40.6. The molecule has 0 aliphatic carbocycles. The summed E-state index contributed by atoms with van der Waals surface area (Å²) in [6.07, 6.45) is 19.3. The molecule has 0 atom stereocenters. The van der Waals surface area contributed by atoms with Gasteiger partial charge in [0.25, 0.3) is 0 Å². The molecule has 0 aliphatic rings. The van der Waals surface area contributed by atoms with Crippen LogP contribution in [0.2, 0.25) is 0 Å². The first kappa shape index (κ1) is 27.4. The Morgan fingerprint density at radius 2 is 0.595 bits per heavy atom. The highest BCUT2D eigenvalue weighted by Gasteiger charge is 2.10. The van der Waals surface area contributed by atoms with E-state index in [0.29, 0.717) is 45.0 Å². The van der Waals surface area contributed by atoms with Crippen molar-refractivity contribution in [2.24, 2.45) is 0 Å². The van der Waals surface area contributed by atoms with Crippen LogP contribution in [-0.2, 0) is 0 Å². The SMILES string of the molecule is Oc1ncccc1C=Cc1nc(C=Cc2cccnc2O)c(C=Cc2cccnc2O)nc1C=Cc1cccnc1O. The predicted molar refractivity (Wildman–Crippen MR) is 161 cm³/mol. The lowest BCUT2D eigenvalue weighted by Gasteiger charge is -2.08. The molecule has 5 heterocycles.